The maximum Gasteiger partial charge on any atom is 0.121 e. The van der Waals surface area contributed by atoms with Crippen LogP contribution in [0.25, 0.3) is 0 Å². The molecule has 0 fully saturated rings. The van der Waals surface area contributed by atoms with Crippen LogP contribution in [0.1, 0.15) is 18.1 Å². The predicted octanol–water partition coefficient (Wildman–Crippen LogP) is 2.93. The number of ether oxygens (including phenoxy) is 1. The lowest BCUT2D eigenvalue weighted by Gasteiger charge is -2.12. The summed E-state index contributed by atoms with van der Waals surface area (Å²) in [4.78, 5) is 0. The molecular formula is C17H18N2O2. The van der Waals surface area contributed by atoms with Crippen molar-refractivity contribution in [2.45, 2.75) is 19.6 Å². The van der Waals surface area contributed by atoms with Crippen molar-refractivity contribution in [2.24, 2.45) is 0 Å². The molecule has 2 aromatic carbocycles. The highest BCUT2D eigenvalue weighted by atomic mass is 16.5. The molecule has 0 amide bonds. The van der Waals surface area contributed by atoms with Crippen LogP contribution in [0.5, 0.6) is 5.75 Å². The third-order valence-corrected chi connectivity index (χ3v) is 2.95. The Labute approximate surface area is 124 Å². The van der Waals surface area contributed by atoms with Gasteiger partial charge in [0.2, 0.25) is 0 Å². The van der Waals surface area contributed by atoms with Crippen molar-refractivity contribution in [1.82, 2.24) is 0 Å². The lowest BCUT2D eigenvalue weighted by molar-refractivity contribution is 0.208. The summed E-state index contributed by atoms with van der Waals surface area (Å²) in [6.07, 6.45) is -0.481. The Hall–Kier alpha value is -2.51. The Morgan fingerprint density at radius 1 is 1.24 bits per heavy atom. The molecule has 0 radical (unpaired) electrons. The molecule has 2 aromatic rings. The van der Waals surface area contributed by atoms with Crippen LogP contribution in [-0.2, 0) is 6.61 Å². The standard InChI is InChI=1S/C17H18N2O2/c1-13(20)11-19-17-9-16(8-7-15(17)10-18)21-12-14-5-3-2-4-6-14/h2-9,13,19-20H,11-12H2,1H3/t13-/m1/s1. The molecule has 108 valence electrons. The van der Waals surface area contributed by atoms with Crippen molar-refractivity contribution in [3.8, 4) is 11.8 Å². The van der Waals surface area contributed by atoms with E-state index in [0.717, 1.165) is 5.56 Å². The van der Waals surface area contributed by atoms with E-state index in [0.29, 0.717) is 30.2 Å². The molecule has 0 saturated carbocycles. The molecule has 0 bridgehead atoms. The molecule has 2 rings (SSSR count). The molecule has 4 heteroatoms. The first-order valence-corrected chi connectivity index (χ1v) is 6.82. The van der Waals surface area contributed by atoms with Crippen LogP contribution >= 0.6 is 0 Å². The molecule has 0 aliphatic rings. The molecule has 0 aliphatic heterocycles. The third kappa shape index (κ3) is 4.51. The fraction of sp³-hybridized carbons (Fsp3) is 0.235. The summed E-state index contributed by atoms with van der Waals surface area (Å²) in [6, 6.07) is 17.3. The summed E-state index contributed by atoms with van der Waals surface area (Å²) in [5.41, 5.74) is 2.28. The lowest BCUT2D eigenvalue weighted by Crippen LogP contribution is -2.16. The number of benzene rings is 2. The van der Waals surface area contributed by atoms with E-state index in [-0.39, 0.29) is 0 Å². The van der Waals surface area contributed by atoms with Gasteiger partial charge in [-0.1, -0.05) is 30.3 Å². The average molecular weight is 282 g/mol. The van der Waals surface area contributed by atoms with Gasteiger partial charge in [-0.2, -0.15) is 5.26 Å². The molecular weight excluding hydrogens is 264 g/mol. The maximum absolute atomic E-state index is 9.32. The molecule has 2 N–H and O–H groups in total. The van der Waals surface area contributed by atoms with Crippen molar-refractivity contribution in [1.29, 1.82) is 5.26 Å². The lowest BCUT2D eigenvalue weighted by atomic mass is 10.1. The Morgan fingerprint density at radius 3 is 2.67 bits per heavy atom. The molecule has 1 atom stereocenters. The van der Waals surface area contributed by atoms with Crippen LogP contribution in [0.4, 0.5) is 5.69 Å². The Kier molecular flexibility index (Phi) is 5.19. The van der Waals surface area contributed by atoms with Gasteiger partial charge < -0.3 is 15.2 Å². The summed E-state index contributed by atoms with van der Waals surface area (Å²) < 4.78 is 5.73. The second-order valence-electron chi connectivity index (χ2n) is 4.82. The second kappa shape index (κ2) is 7.32. The smallest absolute Gasteiger partial charge is 0.121 e. The first-order chi connectivity index (χ1) is 10.2. The minimum absolute atomic E-state index is 0.386. The summed E-state index contributed by atoms with van der Waals surface area (Å²) in [6.45, 7) is 2.55. The summed E-state index contributed by atoms with van der Waals surface area (Å²) in [5.74, 6) is 0.686. The van der Waals surface area contributed by atoms with Crippen LogP contribution < -0.4 is 10.1 Å². The number of nitrogens with one attached hydrogen (secondary N) is 1. The number of rotatable bonds is 6. The van der Waals surface area contributed by atoms with E-state index in [4.69, 9.17) is 10.00 Å². The minimum atomic E-state index is -0.481. The van der Waals surface area contributed by atoms with Gasteiger partial charge in [0.1, 0.15) is 18.4 Å². The van der Waals surface area contributed by atoms with Crippen molar-refractivity contribution in [3.63, 3.8) is 0 Å². The summed E-state index contributed by atoms with van der Waals surface area (Å²) in [5, 5.41) is 21.5. The van der Waals surface area contributed by atoms with E-state index in [1.807, 2.05) is 30.3 Å². The Bertz CT molecular complexity index is 618. The van der Waals surface area contributed by atoms with Crippen molar-refractivity contribution < 1.29 is 9.84 Å². The molecule has 0 aliphatic carbocycles. The van der Waals surface area contributed by atoms with E-state index in [2.05, 4.69) is 11.4 Å². The second-order valence-corrected chi connectivity index (χ2v) is 4.82. The fourth-order valence-corrected chi connectivity index (χ4v) is 1.86. The monoisotopic (exact) mass is 282 g/mol. The molecule has 0 spiro atoms. The fourth-order valence-electron chi connectivity index (χ4n) is 1.86. The van der Waals surface area contributed by atoms with Crippen LogP contribution in [0, 0.1) is 11.3 Å². The SMILES string of the molecule is C[C@@H](O)CNc1cc(OCc2ccccc2)ccc1C#N. The highest BCUT2D eigenvalue weighted by molar-refractivity contribution is 5.60. The van der Waals surface area contributed by atoms with Crippen LogP contribution in [0.15, 0.2) is 48.5 Å². The van der Waals surface area contributed by atoms with E-state index in [1.54, 1.807) is 25.1 Å². The number of hydrogen-bond acceptors (Lipinski definition) is 4. The van der Waals surface area contributed by atoms with E-state index in [1.165, 1.54) is 0 Å². The van der Waals surface area contributed by atoms with E-state index >= 15 is 0 Å². The van der Waals surface area contributed by atoms with Gasteiger partial charge in [-0.3, -0.25) is 0 Å². The molecule has 21 heavy (non-hydrogen) atoms. The third-order valence-electron chi connectivity index (χ3n) is 2.95. The zero-order valence-electron chi connectivity index (χ0n) is 11.9. The number of nitriles is 1. The number of aliphatic hydroxyl groups excluding tert-OH is 1. The van der Waals surface area contributed by atoms with Gasteiger partial charge in [-0.25, -0.2) is 0 Å². The molecule has 0 aromatic heterocycles. The topological polar surface area (TPSA) is 65.3 Å². The van der Waals surface area contributed by atoms with E-state index < -0.39 is 6.10 Å². The summed E-state index contributed by atoms with van der Waals surface area (Å²) >= 11 is 0. The largest absolute Gasteiger partial charge is 0.489 e. The molecule has 0 saturated heterocycles. The average Bonchev–Trinajstić information content (AvgIpc) is 2.52. The van der Waals surface area contributed by atoms with Gasteiger partial charge in [0.05, 0.1) is 17.4 Å². The van der Waals surface area contributed by atoms with Gasteiger partial charge in [0, 0.05) is 12.6 Å². The number of aliphatic hydroxyl groups is 1. The first-order valence-electron chi connectivity index (χ1n) is 6.82. The van der Waals surface area contributed by atoms with Gasteiger partial charge in [-0.15, -0.1) is 0 Å². The molecule has 4 nitrogen and oxygen atoms in total. The van der Waals surface area contributed by atoms with Crippen LogP contribution in [-0.4, -0.2) is 17.8 Å². The van der Waals surface area contributed by atoms with Crippen molar-refractivity contribution >= 4 is 5.69 Å². The Morgan fingerprint density at radius 2 is 2.00 bits per heavy atom. The van der Waals surface area contributed by atoms with E-state index in [9.17, 15) is 5.11 Å². The zero-order chi connectivity index (χ0) is 15.1. The van der Waals surface area contributed by atoms with Crippen molar-refractivity contribution in [3.05, 3.63) is 59.7 Å². The first kappa shape index (κ1) is 14.9. The van der Waals surface area contributed by atoms with Gasteiger partial charge in [-0.05, 0) is 24.6 Å². The number of nitrogens with zero attached hydrogens (tertiary/aromatic N) is 1. The maximum atomic E-state index is 9.32. The van der Waals surface area contributed by atoms with Gasteiger partial charge in [0.25, 0.3) is 0 Å². The number of anilines is 1. The van der Waals surface area contributed by atoms with Crippen molar-refractivity contribution in [2.75, 3.05) is 11.9 Å². The molecule has 0 unspecified atom stereocenters. The summed E-state index contributed by atoms with van der Waals surface area (Å²) in [7, 11) is 0. The van der Waals surface area contributed by atoms with Gasteiger partial charge in [0.15, 0.2) is 0 Å². The minimum Gasteiger partial charge on any atom is -0.489 e. The van der Waals surface area contributed by atoms with Gasteiger partial charge >= 0.3 is 0 Å². The Balaban J connectivity index is 2.06. The van der Waals surface area contributed by atoms with Crippen LogP contribution in [0.3, 0.4) is 0 Å². The quantitative estimate of drug-likeness (QED) is 0.855. The normalized spacial score (nSPS) is 11.5. The molecule has 0 heterocycles. The number of hydrogen-bond donors (Lipinski definition) is 2. The highest BCUT2D eigenvalue weighted by Gasteiger charge is 2.05. The predicted molar refractivity (Wildman–Crippen MR) is 82.1 cm³/mol. The highest BCUT2D eigenvalue weighted by Crippen LogP contribution is 2.23. The zero-order valence-corrected chi connectivity index (χ0v) is 11.9. The van der Waals surface area contributed by atoms with Crippen LogP contribution in [0.2, 0.25) is 0 Å².